The van der Waals surface area contributed by atoms with E-state index in [1.807, 2.05) is 18.5 Å². The monoisotopic (exact) mass is 1230 g/mol. The molecule has 4 aromatic heterocycles. The molecule has 454 valence electrons. The summed E-state index contributed by atoms with van der Waals surface area (Å²) in [6.45, 7) is 0. The SMILES string of the molecule is c1ccc(N(c2ccccc2)c2ccc3c(c2)c2cc(N(c4ccccc4)c4ccccc4)ccc2n3-c2cc(-c3cccc(-c4cccnc4)c3)c(-n3c4ccc(N(c5ccccc5)c5ccccc5)cc4c4cc(N(c5ccccc5)c5ccccc5)ccc43)cn2)cc1. The van der Waals surface area contributed by atoms with E-state index >= 15 is 0 Å². The molecule has 0 aliphatic rings. The summed E-state index contributed by atoms with van der Waals surface area (Å²) in [5, 5.41) is 4.36. The van der Waals surface area contributed by atoms with Gasteiger partial charge in [0.2, 0.25) is 0 Å². The Balaban J connectivity index is 0.926. The maximum Gasteiger partial charge on any atom is 0.138 e. The summed E-state index contributed by atoms with van der Waals surface area (Å²) in [5.74, 6) is 0.778. The molecule has 0 aliphatic heterocycles. The fourth-order valence-electron chi connectivity index (χ4n) is 13.8. The Hall–Kier alpha value is -13.0. The van der Waals surface area contributed by atoms with E-state index in [9.17, 15) is 0 Å². The molecule has 0 aliphatic carbocycles. The van der Waals surface area contributed by atoms with Crippen molar-refractivity contribution < 1.29 is 0 Å². The largest absolute Gasteiger partial charge is 0.310 e. The van der Waals surface area contributed by atoms with Crippen LogP contribution in [0.2, 0.25) is 0 Å². The van der Waals surface area contributed by atoms with Crippen molar-refractivity contribution in [1.82, 2.24) is 19.1 Å². The van der Waals surface area contributed by atoms with Crippen LogP contribution in [0.25, 0.3) is 77.4 Å². The van der Waals surface area contributed by atoms with Crippen LogP contribution in [-0.2, 0) is 0 Å². The van der Waals surface area contributed by atoms with Crippen LogP contribution in [0.15, 0.2) is 377 Å². The lowest BCUT2D eigenvalue weighted by Gasteiger charge is -2.26. The summed E-state index contributed by atoms with van der Waals surface area (Å²) in [7, 11) is 0. The zero-order chi connectivity index (χ0) is 63.7. The lowest BCUT2D eigenvalue weighted by Crippen LogP contribution is -2.09. The van der Waals surface area contributed by atoms with Gasteiger partial charge in [-0.05, 0) is 199 Å². The number of benzene rings is 13. The minimum absolute atomic E-state index is 0.778. The third-order valence-corrected chi connectivity index (χ3v) is 18.1. The zero-order valence-corrected chi connectivity index (χ0v) is 52.4. The quantitative estimate of drug-likeness (QED) is 0.0961. The number of anilines is 12. The highest BCUT2D eigenvalue weighted by atomic mass is 15.2. The molecule has 0 radical (unpaired) electrons. The minimum atomic E-state index is 0.778. The Kier molecular flexibility index (Phi) is 14.7. The molecule has 0 spiro atoms. The van der Waals surface area contributed by atoms with E-state index in [1.165, 1.54) is 0 Å². The van der Waals surface area contributed by atoms with Gasteiger partial charge in [0.05, 0.1) is 34.0 Å². The van der Waals surface area contributed by atoms with E-state index in [1.54, 1.807) is 0 Å². The number of nitrogens with zero attached hydrogens (tertiary/aromatic N) is 8. The Morgan fingerprint density at radius 1 is 0.219 bits per heavy atom. The van der Waals surface area contributed by atoms with Crippen molar-refractivity contribution in [2.45, 2.75) is 0 Å². The van der Waals surface area contributed by atoms with E-state index in [-0.39, 0.29) is 0 Å². The van der Waals surface area contributed by atoms with Crippen LogP contribution in [0, 0.1) is 0 Å². The molecule has 8 nitrogen and oxygen atoms in total. The predicted molar refractivity (Wildman–Crippen MR) is 400 cm³/mol. The van der Waals surface area contributed by atoms with E-state index < -0.39 is 0 Å². The van der Waals surface area contributed by atoms with Crippen LogP contribution < -0.4 is 19.6 Å². The van der Waals surface area contributed by atoms with Crippen LogP contribution in [0.3, 0.4) is 0 Å². The molecular formula is C88H62N8. The standard InChI is InChI=1S/C88H62N8/c1-9-30-66(31-10-1)91(67-32-11-2-12-33-67)74-46-50-83-79(56-74)80-57-75(92(68-34-13-3-14-35-68)69-36-15-4-16-37-69)47-51-84(80)95(83)87-62-90-88(60-78(87)64-28-25-27-63(55-64)65-29-26-54-89-61-65)96-85-52-48-76(93(70-38-17-5-18-39-70)71-40-19-6-20-41-71)58-81(85)82-59-77(49-53-86(82)96)94(72-42-21-7-22-43-72)73-44-23-8-24-45-73/h1-62H. The molecule has 0 saturated heterocycles. The maximum atomic E-state index is 5.71. The molecule has 0 atom stereocenters. The molecule has 0 saturated carbocycles. The van der Waals surface area contributed by atoms with Crippen molar-refractivity contribution in [3.63, 3.8) is 0 Å². The summed E-state index contributed by atoms with van der Waals surface area (Å²) in [4.78, 5) is 19.7. The number of rotatable bonds is 16. The first-order valence-corrected chi connectivity index (χ1v) is 32.4. The molecule has 17 aromatic rings. The van der Waals surface area contributed by atoms with E-state index in [0.29, 0.717) is 0 Å². The number of aromatic nitrogens is 4. The summed E-state index contributed by atoms with van der Waals surface area (Å²) >= 11 is 0. The highest BCUT2D eigenvalue weighted by Gasteiger charge is 2.26. The van der Waals surface area contributed by atoms with Crippen molar-refractivity contribution in [2.75, 3.05) is 19.6 Å². The number of pyridine rings is 2. The first-order chi connectivity index (χ1) is 47.6. The van der Waals surface area contributed by atoms with Gasteiger partial charge in [0, 0.05) is 113 Å². The van der Waals surface area contributed by atoms with Crippen molar-refractivity contribution in [1.29, 1.82) is 0 Å². The molecule has 0 N–H and O–H groups in total. The number of hydrogen-bond acceptors (Lipinski definition) is 6. The first-order valence-electron chi connectivity index (χ1n) is 32.4. The van der Waals surface area contributed by atoms with Gasteiger partial charge < -0.3 is 24.2 Å². The average molecular weight is 1230 g/mol. The fourth-order valence-corrected chi connectivity index (χ4v) is 13.8. The summed E-state index contributed by atoms with van der Waals surface area (Å²) in [6, 6.07) is 128. The van der Waals surface area contributed by atoms with E-state index in [0.717, 1.165) is 146 Å². The van der Waals surface area contributed by atoms with Crippen LogP contribution in [0.1, 0.15) is 0 Å². The van der Waals surface area contributed by atoms with Gasteiger partial charge >= 0.3 is 0 Å². The molecule has 17 rings (SSSR count). The second kappa shape index (κ2) is 24.9. The molecule has 4 heterocycles. The molecule has 0 fully saturated rings. The number of fused-ring (bicyclic) bond motifs is 6. The first kappa shape index (κ1) is 56.9. The second-order valence-corrected chi connectivity index (χ2v) is 23.9. The summed E-state index contributed by atoms with van der Waals surface area (Å²) < 4.78 is 4.79. The molecular weight excluding hydrogens is 1170 g/mol. The average Bonchev–Trinajstić information content (AvgIpc) is 1.57. The smallest absolute Gasteiger partial charge is 0.138 e. The Morgan fingerprint density at radius 2 is 0.521 bits per heavy atom. The van der Waals surface area contributed by atoms with Crippen molar-refractivity contribution in [2.24, 2.45) is 0 Å². The number of hydrogen-bond donors (Lipinski definition) is 0. The maximum absolute atomic E-state index is 5.71. The summed E-state index contributed by atoms with van der Waals surface area (Å²) in [5.41, 5.74) is 21.8. The van der Waals surface area contributed by atoms with Gasteiger partial charge in [-0.1, -0.05) is 170 Å². The Morgan fingerprint density at radius 3 is 0.833 bits per heavy atom. The molecule has 0 amide bonds. The fraction of sp³-hybridized carbons (Fsp3) is 0. The predicted octanol–water partition coefficient (Wildman–Crippen LogP) is 23.9. The molecule has 0 bridgehead atoms. The highest BCUT2D eigenvalue weighted by molar-refractivity contribution is 6.14. The van der Waals surface area contributed by atoms with Crippen molar-refractivity contribution >= 4 is 112 Å². The zero-order valence-electron chi connectivity index (χ0n) is 52.4. The van der Waals surface area contributed by atoms with Gasteiger partial charge in [-0.3, -0.25) is 9.55 Å². The lowest BCUT2D eigenvalue weighted by atomic mass is 9.99. The molecule has 96 heavy (non-hydrogen) atoms. The number of para-hydroxylation sites is 8. The van der Waals surface area contributed by atoms with E-state index in [2.05, 4.69) is 392 Å². The third kappa shape index (κ3) is 10.5. The van der Waals surface area contributed by atoms with Gasteiger partial charge in [-0.15, -0.1) is 0 Å². The van der Waals surface area contributed by atoms with Crippen LogP contribution in [0.5, 0.6) is 0 Å². The molecule has 13 aromatic carbocycles. The Bertz CT molecular complexity index is 5140. The topological polar surface area (TPSA) is 48.6 Å². The van der Waals surface area contributed by atoms with Gasteiger partial charge in [0.25, 0.3) is 0 Å². The van der Waals surface area contributed by atoms with Crippen molar-refractivity contribution in [3.8, 4) is 33.8 Å². The Labute approximate surface area is 557 Å². The van der Waals surface area contributed by atoms with Gasteiger partial charge in [0.1, 0.15) is 5.82 Å². The van der Waals surface area contributed by atoms with Crippen molar-refractivity contribution in [3.05, 3.63) is 377 Å². The van der Waals surface area contributed by atoms with E-state index in [4.69, 9.17) is 4.98 Å². The summed E-state index contributed by atoms with van der Waals surface area (Å²) in [6.07, 6.45) is 5.87. The molecule has 8 heteroatoms. The second-order valence-electron chi connectivity index (χ2n) is 23.9. The van der Waals surface area contributed by atoms with Gasteiger partial charge in [-0.25, -0.2) is 4.98 Å². The normalized spacial score (nSPS) is 11.3. The highest BCUT2D eigenvalue weighted by Crippen LogP contribution is 2.47. The van der Waals surface area contributed by atoms with Gasteiger partial charge in [-0.2, -0.15) is 0 Å². The lowest BCUT2D eigenvalue weighted by molar-refractivity contribution is 1.06. The van der Waals surface area contributed by atoms with Crippen LogP contribution in [0.4, 0.5) is 68.2 Å². The van der Waals surface area contributed by atoms with Crippen LogP contribution in [-0.4, -0.2) is 19.1 Å². The van der Waals surface area contributed by atoms with Gasteiger partial charge in [0.15, 0.2) is 0 Å². The molecule has 0 unspecified atom stereocenters. The minimum Gasteiger partial charge on any atom is -0.310 e. The third-order valence-electron chi connectivity index (χ3n) is 18.1. The van der Waals surface area contributed by atoms with Crippen LogP contribution >= 0.6 is 0 Å².